The van der Waals surface area contributed by atoms with Crippen LogP contribution in [-0.4, -0.2) is 33.8 Å². The van der Waals surface area contributed by atoms with Gasteiger partial charge >= 0.3 is 0 Å². The van der Waals surface area contributed by atoms with Gasteiger partial charge < -0.3 is 9.30 Å². The van der Waals surface area contributed by atoms with Gasteiger partial charge in [-0.25, -0.2) is 0 Å². The number of aromatic nitrogens is 1. The normalized spacial score (nSPS) is 15.1. The van der Waals surface area contributed by atoms with Crippen LogP contribution in [0.1, 0.15) is 28.1 Å². The summed E-state index contributed by atoms with van der Waals surface area (Å²) in [5, 5.41) is -0.266. The molecule has 2 amide bonds. The summed E-state index contributed by atoms with van der Waals surface area (Å²) in [6.07, 6.45) is 1.81. The minimum atomic E-state index is -0.275. The molecule has 0 saturated carbocycles. The molecule has 4 rings (SSSR count). The highest BCUT2D eigenvalue weighted by atomic mass is 79.9. The van der Waals surface area contributed by atoms with Crippen molar-refractivity contribution in [2.75, 3.05) is 13.2 Å². The number of amides is 2. The van der Waals surface area contributed by atoms with Gasteiger partial charge in [-0.3, -0.25) is 14.5 Å². The summed E-state index contributed by atoms with van der Waals surface area (Å²) in [7, 11) is 0. The molecule has 1 fully saturated rings. The van der Waals surface area contributed by atoms with Gasteiger partial charge in [-0.1, -0.05) is 28.1 Å². The van der Waals surface area contributed by atoms with Gasteiger partial charge in [0.1, 0.15) is 12.4 Å². The Kier molecular flexibility index (Phi) is 6.81. The third-order valence-electron chi connectivity index (χ3n) is 5.63. The number of nitrogens with zero attached hydrogens (tertiary/aromatic N) is 2. The summed E-state index contributed by atoms with van der Waals surface area (Å²) in [5.74, 6) is 0.501. The van der Waals surface area contributed by atoms with Crippen LogP contribution in [0.5, 0.6) is 5.75 Å². The van der Waals surface area contributed by atoms with Crippen LogP contribution in [0.15, 0.2) is 57.9 Å². The Labute approximate surface area is 206 Å². The highest BCUT2D eigenvalue weighted by Crippen LogP contribution is 2.34. The highest BCUT2D eigenvalue weighted by molar-refractivity contribution is 9.10. The Balaban J connectivity index is 1.49. The molecule has 0 atom stereocenters. The maximum Gasteiger partial charge on any atom is 0.293 e. The second-order valence-corrected chi connectivity index (χ2v) is 10.00. The summed E-state index contributed by atoms with van der Waals surface area (Å²) in [6, 6.07) is 16.1. The number of imide groups is 1. The van der Waals surface area contributed by atoms with Gasteiger partial charge in [-0.15, -0.1) is 0 Å². The van der Waals surface area contributed by atoms with Crippen LogP contribution < -0.4 is 4.74 Å². The lowest BCUT2D eigenvalue weighted by Gasteiger charge is -2.14. The van der Waals surface area contributed by atoms with E-state index < -0.39 is 0 Å². The van der Waals surface area contributed by atoms with Crippen LogP contribution >= 0.6 is 27.7 Å². The third kappa shape index (κ3) is 4.94. The lowest BCUT2D eigenvalue weighted by Crippen LogP contribution is -2.32. The Hall–Kier alpha value is -2.77. The SMILES string of the molecule is Cc1ccc(C)c(OCCN2C(=O)S/C(=C\c3cc(C)n(-c4ccc(Br)cc4)c3C)C2=O)c1. The molecule has 1 saturated heterocycles. The molecule has 33 heavy (non-hydrogen) atoms. The van der Waals surface area contributed by atoms with Crippen LogP contribution in [0.2, 0.25) is 0 Å². The second kappa shape index (κ2) is 9.61. The minimum Gasteiger partial charge on any atom is -0.491 e. The zero-order valence-corrected chi connectivity index (χ0v) is 21.4. The number of thioether (sulfide) groups is 1. The molecule has 1 aromatic heterocycles. The number of benzene rings is 2. The summed E-state index contributed by atoms with van der Waals surface area (Å²) in [5.41, 5.74) is 6.17. The molecule has 0 radical (unpaired) electrons. The first-order valence-corrected chi connectivity index (χ1v) is 12.3. The van der Waals surface area contributed by atoms with E-state index >= 15 is 0 Å². The van der Waals surface area contributed by atoms with E-state index in [-0.39, 0.29) is 24.3 Å². The largest absolute Gasteiger partial charge is 0.491 e. The average Bonchev–Trinajstić information content (AvgIpc) is 3.20. The van der Waals surface area contributed by atoms with E-state index in [9.17, 15) is 9.59 Å². The van der Waals surface area contributed by atoms with E-state index in [1.54, 1.807) is 0 Å². The number of carbonyl (C=O) groups excluding carboxylic acids is 2. The molecule has 1 aliphatic heterocycles. The average molecular weight is 525 g/mol. The van der Waals surface area contributed by atoms with E-state index in [4.69, 9.17) is 4.74 Å². The third-order valence-corrected chi connectivity index (χ3v) is 7.07. The van der Waals surface area contributed by atoms with Crippen LogP contribution in [-0.2, 0) is 4.79 Å². The quantitative estimate of drug-likeness (QED) is 0.341. The lowest BCUT2D eigenvalue weighted by molar-refractivity contribution is -0.123. The van der Waals surface area contributed by atoms with Gasteiger partial charge in [-0.05, 0) is 98.6 Å². The van der Waals surface area contributed by atoms with Crippen LogP contribution in [0.3, 0.4) is 0 Å². The number of hydrogen-bond acceptors (Lipinski definition) is 4. The van der Waals surface area contributed by atoms with Crippen LogP contribution in [0, 0.1) is 27.7 Å². The molecular formula is C26H25BrN2O3S. The summed E-state index contributed by atoms with van der Waals surface area (Å²) >= 11 is 4.45. The number of aryl methyl sites for hydroxylation is 3. The Morgan fingerprint density at radius 2 is 1.73 bits per heavy atom. The first kappa shape index (κ1) is 23.4. The standard InChI is InChI=1S/C26H25BrN2O3S/c1-16-5-6-17(2)23(13-16)32-12-11-28-25(30)24(33-26(28)31)15-20-14-18(3)29(19(20)4)22-9-7-21(27)8-10-22/h5-10,13-15H,11-12H2,1-4H3/b24-15-. The lowest BCUT2D eigenvalue weighted by atomic mass is 10.1. The molecule has 7 heteroatoms. The van der Waals surface area contributed by atoms with Gasteiger partial charge in [0.15, 0.2) is 0 Å². The number of hydrogen-bond donors (Lipinski definition) is 0. The van der Waals surface area contributed by atoms with Crippen molar-refractivity contribution in [3.05, 3.63) is 86.0 Å². The first-order chi connectivity index (χ1) is 15.7. The second-order valence-electron chi connectivity index (χ2n) is 8.09. The predicted molar refractivity (Wildman–Crippen MR) is 137 cm³/mol. The number of halogens is 1. The molecule has 2 heterocycles. The predicted octanol–water partition coefficient (Wildman–Crippen LogP) is 6.59. The maximum atomic E-state index is 12.9. The van der Waals surface area contributed by atoms with Crippen molar-refractivity contribution in [3.8, 4) is 11.4 Å². The topological polar surface area (TPSA) is 51.5 Å². The van der Waals surface area contributed by atoms with Crippen molar-refractivity contribution < 1.29 is 14.3 Å². The van der Waals surface area contributed by atoms with E-state index in [2.05, 4.69) is 20.5 Å². The van der Waals surface area contributed by atoms with Gasteiger partial charge in [0.25, 0.3) is 11.1 Å². The van der Waals surface area contributed by atoms with Crippen molar-refractivity contribution in [1.29, 1.82) is 0 Å². The number of carbonyl (C=O) groups is 2. The molecule has 0 spiro atoms. The zero-order valence-electron chi connectivity index (χ0n) is 19.0. The minimum absolute atomic E-state index is 0.216. The molecule has 170 valence electrons. The zero-order chi connectivity index (χ0) is 23.7. The number of ether oxygens (including phenoxy) is 1. The Bertz CT molecular complexity index is 1260. The van der Waals surface area contributed by atoms with E-state index in [0.717, 1.165) is 55.7 Å². The van der Waals surface area contributed by atoms with E-state index in [1.807, 2.05) is 82.3 Å². The molecule has 0 aliphatic carbocycles. The fraction of sp³-hybridized carbons (Fsp3) is 0.231. The van der Waals surface area contributed by atoms with Crippen molar-refractivity contribution >= 4 is 44.9 Å². The van der Waals surface area contributed by atoms with Crippen LogP contribution in [0.4, 0.5) is 4.79 Å². The Morgan fingerprint density at radius 1 is 1.00 bits per heavy atom. The molecular weight excluding hydrogens is 500 g/mol. The van der Waals surface area contributed by atoms with Crippen molar-refractivity contribution in [2.24, 2.45) is 0 Å². The van der Waals surface area contributed by atoms with Gasteiger partial charge in [0.05, 0.1) is 11.4 Å². The van der Waals surface area contributed by atoms with Gasteiger partial charge in [-0.2, -0.15) is 0 Å². The Morgan fingerprint density at radius 3 is 2.45 bits per heavy atom. The molecule has 3 aromatic rings. The van der Waals surface area contributed by atoms with Crippen molar-refractivity contribution in [2.45, 2.75) is 27.7 Å². The fourth-order valence-electron chi connectivity index (χ4n) is 3.86. The fourth-order valence-corrected chi connectivity index (χ4v) is 4.99. The summed E-state index contributed by atoms with van der Waals surface area (Å²) in [6.45, 7) is 8.50. The molecule has 5 nitrogen and oxygen atoms in total. The van der Waals surface area contributed by atoms with Crippen LogP contribution in [0.25, 0.3) is 11.8 Å². The molecule has 2 aromatic carbocycles. The smallest absolute Gasteiger partial charge is 0.293 e. The summed E-state index contributed by atoms with van der Waals surface area (Å²) < 4.78 is 9.00. The monoisotopic (exact) mass is 524 g/mol. The highest BCUT2D eigenvalue weighted by Gasteiger charge is 2.35. The summed E-state index contributed by atoms with van der Waals surface area (Å²) in [4.78, 5) is 27.2. The molecule has 1 aliphatic rings. The first-order valence-electron chi connectivity index (χ1n) is 10.6. The van der Waals surface area contributed by atoms with Gasteiger partial charge in [0.2, 0.25) is 0 Å². The number of rotatable bonds is 6. The maximum absolute atomic E-state index is 12.9. The molecule has 0 unspecified atom stereocenters. The van der Waals surface area contributed by atoms with E-state index in [1.165, 1.54) is 4.90 Å². The van der Waals surface area contributed by atoms with Crippen molar-refractivity contribution in [3.63, 3.8) is 0 Å². The molecule has 0 N–H and O–H groups in total. The molecule has 0 bridgehead atoms. The van der Waals surface area contributed by atoms with Crippen molar-refractivity contribution in [1.82, 2.24) is 9.47 Å². The van der Waals surface area contributed by atoms with Gasteiger partial charge in [0, 0.05) is 21.5 Å². The van der Waals surface area contributed by atoms with E-state index in [0.29, 0.717) is 4.91 Å².